The molecule has 4 rings (SSSR count). The molecule has 3 heterocycles. The smallest absolute Gasteiger partial charge is 0.262 e. The zero-order chi connectivity index (χ0) is 20.1. The van der Waals surface area contributed by atoms with Crippen LogP contribution in [0.4, 0.5) is 11.5 Å². The summed E-state index contributed by atoms with van der Waals surface area (Å²) in [7, 11) is 0. The first-order valence-corrected chi connectivity index (χ1v) is 10.3. The lowest BCUT2D eigenvalue weighted by Crippen LogP contribution is -2.33. The van der Waals surface area contributed by atoms with Crippen molar-refractivity contribution in [2.24, 2.45) is 0 Å². The third kappa shape index (κ3) is 2.94. The molecule has 1 aliphatic heterocycles. The Kier molecular flexibility index (Phi) is 4.40. The van der Waals surface area contributed by atoms with E-state index in [-0.39, 0.29) is 5.91 Å². The van der Waals surface area contributed by atoms with Crippen LogP contribution in [0.2, 0.25) is 0 Å². The van der Waals surface area contributed by atoms with Crippen molar-refractivity contribution in [2.45, 2.75) is 31.2 Å². The summed E-state index contributed by atoms with van der Waals surface area (Å²) in [5, 5.41) is 0.375. The van der Waals surface area contributed by atoms with E-state index in [1.807, 2.05) is 39.0 Å². The molecule has 8 heteroatoms. The third-order valence-corrected chi connectivity index (χ3v) is 5.70. The summed E-state index contributed by atoms with van der Waals surface area (Å²) in [6, 6.07) is 5.88. The summed E-state index contributed by atoms with van der Waals surface area (Å²) < 4.78 is 11.6. The molecule has 7 nitrogen and oxygen atoms in total. The predicted octanol–water partition coefficient (Wildman–Crippen LogP) is 2.94. The van der Waals surface area contributed by atoms with E-state index < -0.39 is 16.6 Å². The lowest BCUT2D eigenvalue weighted by Gasteiger charge is -2.19. The van der Waals surface area contributed by atoms with Crippen LogP contribution in [-0.2, 0) is 21.4 Å². The van der Waals surface area contributed by atoms with Crippen LogP contribution in [-0.4, -0.2) is 36.7 Å². The maximum atomic E-state index is 13.2. The quantitative estimate of drug-likeness (QED) is 0.635. The van der Waals surface area contributed by atoms with Crippen molar-refractivity contribution in [2.75, 3.05) is 11.2 Å². The number of hydrogen-bond acceptors (Lipinski definition) is 6. The number of aromatic nitrogens is 4. The topological polar surface area (TPSA) is 94.9 Å². The highest BCUT2D eigenvalue weighted by molar-refractivity contribution is 7.90. The van der Waals surface area contributed by atoms with Crippen LogP contribution < -0.4 is 4.90 Å². The van der Waals surface area contributed by atoms with Gasteiger partial charge in [0, 0.05) is 29.1 Å². The molecule has 0 fully saturated rings. The summed E-state index contributed by atoms with van der Waals surface area (Å²) in [5.41, 5.74) is 2.76. The monoisotopic (exact) mass is 393 g/mol. The highest BCUT2D eigenvalue weighted by atomic mass is 32.2. The second-order valence-electron chi connectivity index (χ2n) is 7.18. The van der Waals surface area contributed by atoms with Gasteiger partial charge in [-0.25, -0.2) is 19.9 Å². The van der Waals surface area contributed by atoms with Gasteiger partial charge in [-0.05, 0) is 38.0 Å². The number of carbonyl (C=O) groups is 1. The van der Waals surface area contributed by atoms with Gasteiger partial charge in [0.1, 0.15) is 18.3 Å². The average molecular weight is 393 g/mol. The number of anilines is 2. The summed E-state index contributed by atoms with van der Waals surface area (Å²) in [5.74, 6) is 1.02. The van der Waals surface area contributed by atoms with Gasteiger partial charge in [0.25, 0.3) is 5.03 Å². The van der Waals surface area contributed by atoms with Crippen molar-refractivity contribution in [3.8, 4) is 11.1 Å². The number of hydrogen-bond donors (Lipinski definition) is 0. The molecular weight excluding hydrogens is 374 g/mol. The van der Waals surface area contributed by atoms with Crippen molar-refractivity contribution >= 4 is 28.6 Å². The second-order valence-corrected chi connectivity index (χ2v) is 8.51. The van der Waals surface area contributed by atoms with Crippen LogP contribution in [0.3, 0.4) is 0 Å². The normalized spacial score (nSPS) is 16.2. The molecule has 0 radical (unpaired) electrons. The first-order valence-electron chi connectivity index (χ1n) is 8.72. The van der Waals surface area contributed by atoms with Crippen LogP contribution >= 0.6 is 0 Å². The van der Waals surface area contributed by atoms with Crippen LogP contribution in [0.5, 0.6) is 0 Å². The molecule has 28 heavy (non-hydrogen) atoms. The maximum absolute atomic E-state index is 13.2. The third-order valence-electron chi connectivity index (χ3n) is 4.90. The molecule has 1 aromatic carbocycles. The highest BCUT2D eigenvalue weighted by Gasteiger charge is 2.45. The molecule has 0 aliphatic carbocycles. The Morgan fingerprint density at radius 2 is 1.71 bits per heavy atom. The SMILES string of the molecule is Cc1ncc(-c2ccc3c(c2)N(c2cnc([S+](C)[O-])cn2)C(=O)C3(C)C)cn1. The second kappa shape index (κ2) is 6.65. The van der Waals surface area contributed by atoms with E-state index in [1.54, 1.807) is 23.5 Å². The maximum Gasteiger partial charge on any atom is 0.262 e. The standard InChI is InChI=1S/C20H19N5O2S/c1-12-21-8-14(9-22-12)13-5-6-15-16(7-13)25(19(26)20(15,2)3)17-10-24-18(11-23-17)28(4)27/h5-11H,1-4H3. The molecule has 1 atom stereocenters. The molecule has 0 saturated heterocycles. The predicted molar refractivity (Wildman–Crippen MR) is 107 cm³/mol. The number of benzene rings is 1. The fourth-order valence-corrected chi connectivity index (χ4v) is 3.67. The molecule has 0 N–H and O–H groups in total. The van der Waals surface area contributed by atoms with Gasteiger partial charge in [-0.1, -0.05) is 12.1 Å². The lowest BCUT2D eigenvalue weighted by atomic mass is 9.85. The van der Waals surface area contributed by atoms with Crippen molar-refractivity contribution in [1.29, 1.82) is 0 Å². The van der Waals surface area contributed by atoms with Crippen LogP contribution in [0.1, 0.15) is 25.2 Å². The Labute approximate surface area is 166 Å². The summed E-state index contributed by atoms with van der Waals surface area (Å²) in [4.78, 5) is 31.8. The van der Waals surface area contributed by atoms with Gasteiger partial charge in [0.15, 0.2) is 5.82 Å². The molecule has 1 unspecified atom stereocenters. The Balaban J connectivity index is 1.83. The minimum absolute atomic E-state index is 0.0838. The van der Waals surface area contributed by atoms with Gasteiger partial charge in [-0.15, -0.1) is 0 Å². The molecular formula is C20H19N5O2S. The number of carbonyl (C=O) groups excluding carboxylic acids is 1. The van der Waals surface area contributed by atoms with Gasteiger partial charge >= 0.3 is 0 Å². The fraction of sp³-hybridized carbons (Fsp3) is 0.250. The van der Waals surface area contributed by atoms with Crippen molar-refractivity contribution in [3.05, 3.63) is 54.4 Å². The van der Waals surface area contributed by atoms with E-state index in [4.69, 9.17) is 0 Å². The van der Waals surface area contributed by atoms with Crippen LogP contribution in [0.15, 0.2) is 48.0 Å². The number of fused-ring (bicyclic) bond motifs is 1. The van der Waals surface area contributed by atoms with E-state index in [0.717, 1.165) is 22.4 Å². The van der Waals surface area contributed by atoms with Gasteiger partial charge < -0.3 is 4.55 Å². The minimum atomic E-state index is -1.23. The lowest BCUT2D eigenvalue weighted by molar-refractivity contribution is -0.121. The van der Waals surface area contributed by atoms with E-state index in [1.165, 1.54) is 12.4 Å². The van der Waals surface area contributed by atoms with Crippen molar-refractivity contribution in [3.63, 3.8) is 0 Å². The summed E-state index contributed by atoms with van der Waals surface area (Å²) in [6.07, 6.45) is 8.00. The number of amides is 1. The average Bonchev–Trinajstić information content (AvgIpc) is 2.88. The molecule has 142 valence electrons. The van der Waals surface area contributed by atoms with Crippen LogP contribution in [0, 0.1) is 6.92 Å². The van der Waals surface area contributed by atoms with Gasteiger partial charge in [0.2, 0.25) is 5.91 Å². The van der Waals surface area contributed by atoms with Crippen LogP contribution in [0.25, 0.3) is 11.1 Å². The van der Waals surface area contributed by atoms with Gasteiger partial charge in [0.05, 0.1) is 17.3 Å². The molecule has 1 aliphatic rings. The van der Waals surface area contributed by atoms with E-state index in [0.29, 0.717) is 16.7 Å². The summed E-state index contributed by atoms with van der Waals surface area (Å²) >= 11 is -1.23. The van der Waals surface area contributed by atoms with E-state index in [9.17, 15) is 9.35 Å². The highest BCUT2D eigenvalue weighted by Crippen LogP contribution is 2.46. The molecule has 0 spiro atoms. The number of nitrogens with zero attached hydrogens (tertiary/aromatic N) is 5. The first-order chi connectivity index (χ1) is 13.3. The Hall–Kier alpha value is -2.84. The van der Waals surface area contributed by atoms with Crippen molar-refractivity contribution < 1.29 is 9.35 Å². The minimum Gasteiger partial charge on any atom is -0.610 e. The number of rotatable bonds is 3. The molecule has 0 saturated carbocycles. The zero-order valence-corrected chi connectivity index (χ0v) is 16.8. The van der Waals surface area contributed by atoms with E-state index in [2.05, 4.69) is 19.9 Å². The van der Waals surface area contributed by atoms with E-state index >= 15 is 0 Å². The Morgan fingerprint density at radius 3 is 2.32 bits per heavy atom. The molecule has 1 amide bonds. The fourth-order valence-electron chi connectivity index (χ4n) is 3.27. The zero-order valence-electron chi connectivity index (χ0n) is 16.0. The molecule has 0 bridgehead atoms. The summed E-state index contributed by atoms with van der Waals surface area (Å²) in [6.45, 7) is 5.62. The molecule has 3 aromatic rings. The van der Waals surface area contributed by atoms with Gasteiger partial charge in [-0.2, -0.15) is 0 Å². The Morgan fingerprint density at radius 1 is 1.00 bits per heavy atom. The first kappa shape index (κ1) is 18.5. The van der Waals surface area contributed by atoms with Crippen molar-refractivity contribution in [1.82, 2.24) is 19.9 Å². The largest absolute Gasteiger partial charge is 0.610 e. The molecule has 2 aromatic heterocycles. The number of aryl methyl sites for hydroxylation is 1. The Bertz CT molecular complexity index is 1050. The van der Waals surface area contributed by atoms with Gasteiger partial charge in [-0.3, -0.25) is 9.69 Å².